The molecule has 17 heavy (non-hydrogen) atoms. The molecule has 1 aromatic heterocycles. The average Bonchev–Trinajstić information content (AvgIpc) is 2.38. The van der Waals surface area contributed by atoms with E-state index in [0.29, 0.717) is 12.5 Å². The molecule has 1 unspecified atom stereocenters. The van der Waals surface area contributed by atoms with Crippen molar-refractivity contribution in [3.8, 4) is 5.88 Å². The van der Waals surface area contributed by atoms with E-state index >= 15 is 0 Å². The lowest BCUT2D eigenvalue weighted by atomic mass is 9.96. The highest BCUT2D eigenvalue weighted by Crippen LogP contribution is 2.21. The van der Waals surface area contributed by atoms with Crippen molar-refractivity contribution in [2.75, 3.05) is 20.2 Å². The molecule has 1 aliphatic heterocycles. The van der Waals surface area contributed by atoms with Crippen molar-refractivity contribution in [2.45, 2.75) is 32.0 Å². The van der Waals surface area contributed by atoms with E-state index in [4.69, 9.17) is 9.47 Å². The molecular formula is C13H20N2O2. The molecule has 0 saturated carbocycles. The van der Waals surface area contributed by atoms with Crippen molar-refractivity contribution in [3.63, 3.8) is 0 Å². The fourth-order valence-electron chi connectivity index (χ4n) is 2.05. The van der Waals surface area contributed by atoms with Crippen LogP contribution in [0.3, 0.4) is 0 Å². The summed E-state index contributed by atoms with van der Waals surface area (Å²) < 4.78 is 11.1. The molecule has 1 aromatic rings. The van der Waals surface area contributed by atoms with E-state index in [1.807, 2.05) is 18.2 Å². The van der Waals surface area contributed by atoms with Gasteiger partial charge in [-0.25, -0.2) is 4.98 Å². The highest BCUT2D eigenvalue weighted by molar-refractivity contribution is 5.15. The molecular weight excluding hydrogens is 216 g/mol. The first-order valence-electron chi connectivity index (χ1n) is 6.06. The summed E-state index contributed by atoms with van der Waals surface area (Å²) in [6.45, 7) is 4.70. The molecule has 1 fully saturated rings. The van der Waals surface area contributed by atoms with Gasteiger partial charge in [0.15, 0.2) is 0 Å². The number of ether oxygens (including phenoxy) is 2. The Balaban J connectivity index is 1.92. The van der Waals surface area contributed by atoms with E-state index in [1.165, 1.54) is 6.42 Å². The van der Waals surface area contributed by atoms with Crippen LogP contribution in [0.1, 0.15) is 25.5 Å². The summed E-state index contributed by atoms with van der Waals surface area (Å²) >= 11 is 0. The Morgan fingerprint density at radius 1 is 1.47 bits per heavy atom. The minimum Gasteiger partial charge on any atom is -0.481 e. The monoisotopic (exact) mass is 236 g/mol. The zero-order chi connectivity index (χ0) is 12.1. The largest absolute Gasteiger partial charge is 0.481 e. The van der Waals surface area contributed by atoms with Crippen molar-refractivity contribution in [1.82, 2.24) is 10.3 Å². The van der Waals surface area contributed by atoms with Crippen molar-refractivity contribution >= 4 is 0 Å². The van der Waals surface area contributed by atoms with Crippen LogP contribution in [0.5, 0.6) is 5.88 Å². The standard InChI is InChI=1S/C13H20N2O2/c1-13(7-4-8-14-10-13)17-9-11-5-3-6-12(15-11)16-2/h3,5-6,14H,4,7-10H2,1-2H3. The molecule has 0 aliphatic carbocycles. The van der Waals surface area contributed by atoms with Crippen LogP contribution in [0, 0.1) is 0 Å². The number of hydrogen-bond donors (Lipinski definition) is 1. The van der Waals surface area contributed by atoms with Gasteiger partial charge in [-0.2, -0.15) is 0 Å². The number of rotatable bonds is 4. The Hall–Kier alpha value is -1.13. The second-order valence-corrected chi connectivity index (χ2v) is 4.69. The number of pyridine rings is 1. The minimum atomic E-state index is -0.0665. The minimum absolute atomic E-state index is 0.0665. The molecule has 0 aromatic carbocycles. The third-order valence-electron chi connectivity index (χ3n) is 3.12. The van der Waals surface area contributed by atoms with E-state index in [9.17, 15) is 0 Å². The van der Waals surface area contributed by atoms with E-state index in [2.05, 4.69) is 17.2 Å². The van der Waals surface area contributed by atoms with Gasteiger partial charge >= 0.3 is 0 Å². The van der Waals surface area contributed by atoms with Crippen LogP contribution < -0.4 is 10.1 Å². The number of piperidine rings is 1. The lowest BCUT2D eigenvalue weighted by Gasteiger charge is -2.34. The van der Waals surface area contributed by atoms with Crippen molar-refractivity contribution < 1.29 is 9.47 Å². The van der Waals surface area contributed by atoms with E-state index in [0.717, 1.165) is 25.2 Å². The third kappa shape index (κ3) is 3.41. The van der Waals surface area contributed by atoms with Crippen LogP contribution in [-0.4, -0.2) is 30.8 Å². The maximum absolute atomic E-state index is 5.98. The number of hydrogen-bond acceptors (Lipinski definition) is 4. The highest BCUT2D eigenvalue weighted by atomic mass is 16.5. The fourth-order valence-corrected chi connectivity index (χ4v) is 2.05. The van der Waals surface area contributed by atoms with Gasteiger partial charge in [0.2, 0.25) is 5.88 Å². The Bertz CT molecular complexity index is 362. The van der Waals surface area contributed by atoms with Gasteiger partial charge in [0.05, 0.1) is 25.0 Å². The number of nitrogens with zero attached hydrogens (tertiary/aromatic N) is 1. The van der Waals surface area contributed by atoms with Crippen LogP contribution in [0.2, 0.25) is 0 Å². The highest BCUT2D eigenvalue weighted by Gasteiger charge is 2.27. The number of aromatic nitrogens is 1. The maximum Gasteiger partial charge on any atom is 0.213 e. The Kier molecular flexibility index (Phi) is 3.97. The van der Waals surface area contributed by atoms with E-state index < -0.39 is 0 Å². The molecule has 4 nitrogen and oxygen atoms in total. The topological polar surface area (TPSA) is 43.4 Å². The van der Waals surface area contributed by atoms with Gasteiger partial charge in [-0.1, -0.05) is 6.07 Å². The molecule has 2 heterocycles. The predicted octanol–water partition coefficient (Wildman–Crippen LogP) is 1.75. The quantitative estimate of drug-likeness (QED) is 0.865. The first-order chi connectivity index (χ1) is 8.22. The first-order valence-corrected chi connectivity index (χ1v) is 6.06. The van der Waals surface area contributed by atoms with Gasteiger partial charge in [-0.3, -0.25) is 0 Å². The summed E-state index contributed by atoms with van der Waals surface area (Å²) in [5, 5.41) is 3.36. The zero-order valence-corrected chi connectivity index (χ0v) is 10.5. The molecule has 2 rings (SSSR count). The van der Waals surface area contributed by atoms with Crippen LogP contribution in [0.4, 0.5) is 0 Å². The Morgan fingerprint density at radius 2 is 2.35 bits per heavy atom. The summed E-state index contributed by atoms with van der Waals surface area (Å²) in [7, 11) is 1.62. The van der Waals surface area contributed by atoms with Crippen molar-refractivity contribution in [3.05, 3.63) is 23.9 Å². The molecule has 0 bridgehead atoms. The van der Waals surface area contributed by atoms with E-state index in [1.54, 1.807) is 7.11 Å². The number of nitrogens with one attached hydrogen (secondary N) is 1. The molecule has 4 heteroatoms. The van der Waals surface area contributed by atoms with Gasteiger partial charge < -0.3 is 14.8 Å². The molecule has 0 radical (unpaired) electrons. The van der Waals surface area contributed by atoms with Crippen LogP contribution in [-0.2, 0) is 11.3 Å². The predicted molar refractivity (Wildman–Crippen MR) is 66.1 cm³/mol. The molecule has 1 saturated heterocycles. The molecule has 0 spiro atoms. The molecule has 1 aliphatic rings. The Labute approximate surface area is 102 Å². The maximum atomic E-state index is 5.98. The van der Waals surface area contributed by atoms with Crippen molar-refractivity contribution in [2.24, 2.45) is 0 Å². The summed E-state index contributed by atoms with van der Waals surface area (Å²) in [5.41, 5.74) is 0.847. The SMILES string of the molecule is COc1cccc(COC2(C)CCCNC2)n1. The molecule has 1 atom stereocenters. The average molecular weight is 236 g/mol. The Morgan fingerprint density at radius 3 is 3.06 bits per heavy atom. The summed E-state index contributed by atoms with van der Waals surface area (Å²) in [4.78, 5) is 4.34. The van der Waals surface area contributed by atoms with Gasteiger partial charge in [-0.05, 0) is 32.4 Å². The van der Waals surface area contributed by atoms with Gasteiger partial charge in [0, 0.05) is 12.6 Å². The van der Waals surface area contributed by atoms with Gasteiger partial charge in [-0.15, -0.1) is 0 Å². The normalized spacial score (nSPS) is 24.6. The third-order valence-corrected chi connectivity index (χ3v) is 3.12. The van der Waals surface area contributed by atoms with Gasteiger partial charge in [0.1, 0.15) is 0 Å². The van der Waals surface area contributed by atoms with Crippen LogP contribution in [0.25, 0.3) is 0 Å². The summed E-state index contributed by atoms with van der Waals surface area (Å²) in [5.74, 6) is 0.637. The van der Waals surface area contributed by atoms with Gasteiger partial charge in [0.25, 0.3) is 0 Å². The van der Waals surface area contributed by atoms with E-state index in [-0.39, 0.29) is 5.60 Å². The molecule has 94 valence electrons. The second kappa shape index (κ2) is 5.47. The van der Waals surface area contributed by atoms with Crippen LogP contribution in [0.15, 0.2) is 18.2 Å². The zero-order valence-electron chi connectivity index (χ0n) is 10.5. The summed E-state index contributed by atoms with van der Waals surface area (Å²) in [6, 6.07) is 5.74. The summed E-state index contributed by atoms with van der Waals surface area (Å²) in [6.07, 6.45) is 2.27. The molecule has 0 amide bonds. The van der Waals surface area contributed by atoms with Crippen molar-refractivity contribution in [1.29, 1.82) is 0 Å². The van der Waals surface area contributed by atoms with Crippen LogP contribution >= 0.6 is 0 Å². The lowest BCUT2D eigenvalue weighted by Crippen LogP contribution is -2.45. The second-order valence-electron chi connectivity index (χ2n) is 4.69. The molecule has 1 N–H and O–H groups in total. The fraction of sp³-hybridized carbons (Fsp3) is 0.615. The first kappa shape index (κ1) is 12.3. The smallest absolute Gasteiger partial charge is 0.213 e. The number of methoxy groups -OCH3 is 1. The lowest BCUT2D eigenvalue weighted by molar-refractivity contribution is -0.0584.